The number of carbonyl (C=O) groups excluding carboxylic acids is 1. The minimum atomic E-state index is -0.257. The van der Waals surface area contributed by atoms with E-state index in [2.05, 4.69) is 13.5 Å². The van der Waals surface area contributed by atoms with E-state index >= 15 is 0 Å². The number of hydrogen-bond donors (Lipinski definition) is 0. The number of unbranched alkanes of at least 4 members (excludes halogenated alkanes) is 1. The van der Waals surface area contributed by atoms with Crippen molar-refractivity contribution in [3.8, 4) is 0 Å². The second-order valence-electron chi connectivity index (χ2n) is 3.58. The van der Waals surface area contributed by atoms with E-state index in [9.17, 15) is 4.79 Å². The first-order valence-electron chi connectivity index (χ1n) is 5.33. The van der Waals surface area contributed by atoms with Crippen molar-refractivity contribution in [2.24, 2.45) is 0 Å². The number of allylic oxidation sites excluding steroid dienone is 1. The Hall–Kier alpha value is -1.25. The first-order chi connectivity index (χ1) is 7.24. The van der Waals surface area contributed by atoms with Crippen molar-refractivity contribution >= 4 is 5.97 Å². The van der Waals surface area contributed by atoms with Gasteiger partial charge in [0.25, 0.3) is 0 Å². The average Bonchev–Trinajstić information content (AvgIpc) is 2.53. The maximum absolute atomic E-state index is 11.5. The van der Waals surface area contributed by atoms with Crippen molar-refractivity contribution < 1.29 is 14.3 Å². The topological polar surface area (TPSA) is 35.5 Å². The molecular weight excluding hydrogens is 192 g/mol. The number of ether oxygens (including phenoxy) is 2. The molecule has 15 heavy (non-hydrogen) atoms. The van der Waals surface area contributed by atoms with Crippen molar-refractivity contribution in [1.82, 2.24) is 0 Å². The molecule has 0 bridgehead atoms. The minimum Gasteiger partial charge on any atom is -0.497 e. The van der Waals surface area contributed by atoms with Crippen molar-refractivity contribution in [3.05, 3.63) is 24.0 Å². The van der Waals surface area contributed by atoms with Crippen LogP contribution in [0.1, 0.15) is 32.6 Å². The molecule has 0 aromatic heterocycles. The van der Waals surface area contributed by atoms with Crippen LogP contribution in [0.3, 0.4) is 0 Å². The number of hydrogen-bond acceptors (Lipinski definition) is 3. The zero-order valence-corrected chi connectivity index (χ0v) is 9.41. The van der Waals surface area contributed by atoms with Crippen LogP contribution in [0.25, 0.3) is 0 Å². The van der Waals surface area contributed by atoms with Gasteiger partial charge in [0.15, 0.2) is 6.10 Å². The highest BCUT2D eigenvalue weighted by atomic mass is 16.6. The van der Waals surface area contributed by atoms with Gasteiger partial charge in [-0.15, -0.1) is 6.58 Å². The summed E-state index contributed by atoms with van der Waals surface area (Å²) in [5.74, 6) is 0.432. The Balaban J connectivity index is 2.76. The maximum atomic E-state index is 11.5. The molecule has 0 amide bonds. The Morgan fingerprint density at radius 3 is 2.87 bits per heavy atom. The molecule has 0 radical (unpaired) electrons. The fraction of sp³-hybridized carbons (Fsp3) is 0.583. The molecule has 0 aromatic carbocycles. The van der Waals surface area contributed by atoms with Crippen LogP contribution in [-0.2, 0) is 14.3 Å². The summed E-state index contributed by atoms with van der Waals surface area (Å²) in [6.45, 7) is 5.73. The van der Waals surface area contributed by atoms with E-state index in [0.717, 1.165) is 19.3 Å². The van der Waals surface area contributed by atoms with Crippen LogP contribution in [0.5, 0.6) is 0 Å². The standard InChI is InChI=1S/C12H18O3/c1-4-6-8-10-11(14-3)9(7-5-2)12(13)15-10/h5,10H,2,4,6-8H2,1,3H3. The first kappa shape index (κ1) is 11.8. The van der Waals surface area contributed by atoms with E-state index in [0.29, 0.717) is 17.8 Å². The number of methoxy groups -OCH3 is 1. The normalized spacial score (nSPS) is 20.4. The lowest BCUT2D eigenvalue weighted by atomic mass is 10.1. The second kappa shape index (κ2) is 5.59. The van der Waals surface area contributed by atoms with Crippen LogP contribution in [0.2, 0.25) is 0 Å². The molecule has 1 heterocycles. The van der Waals surface area contributed by atoms with E-state index in [1.165, 1.54) is 0 Å². The Labute approximate surface area is 90.8 Å². The molecule has 0 N–H and O–H groups in total. The number of carbonyl (C=O) groups is 1. The molecule has 84 valence electrons. The highest BCUT2D eigenvalue weighted by molar-refractivity contribution is 5.92. The monoisotopic (exact) mass is 210 g/mol. The lowest BCUT2D eigenvalue weighted by Crippen LogP contribution is -2.12. The molecule has 0 spiro atoms. The maximum Gasteiger partial charge on any atom is 0.338 e. The van der Waals surface area contributed by atoms with Gasteiger partial charge in [0.1, 0.15) is 5.76 Å². The molecule has 0 saturated heterocycles. The van der Waals surface area contributed by atoms with Gasteiger partial charge < -0.3 is 9.47 Å². The average molecular weight is 210 g/mol. The Bertz CT molecular complexity index is 279. The van der Waals surface area contributed by atoms with E-state index in [1.54, 1.807) is 13.2 Å². The van der Waals surface area contributed by atoms with Crippen molar-refractivity contribution in [3.63, 3.8) is 0 Å². The molecule has 0 saturated carbocycles. The number of esters is 1. The predicted molar refractivity (Wildman–Crippen MR) is 58.3 cm³/mol. The highest BCUT2D eigenvalue weighted by Crippen LogP contribution is 2.28. The van der Waals surface area contributed by atoms with Crippen LogP contribution in [0.4, 0.5) is 0 Å². The molecule has 1 aliphatic heterocycles. The molecule has 1 rings (SSSR count). The van der Waals surface area contributed by atoms with Crippen LogP contribution >= 0.6 is 0 Å². The molecule has 0 aromatic rings. The first-order valence-corrected chi connectivity index (χ1v) is 5.33. The molecule has 0 aliphatic carbocycles. The van der Waals surface area contributed by atoms with Gasteiger partial charge in [0.05, 0.1) is 12.7 Å². The SMILES string of the molecule is C=CCC1=C(OC)C(CCCC)OC1=O. The van der Waals surface area contributed by atoms with Gasteiger partial charge in [-0.25, -0.2) is 4.79 Å². The van der Waals surface area contributed by atoms with Gasteiger partial charge in [0.2, 0.25) is 0 Å². The summed E-state index contributed by atoms with van der Waals surface area (Å²) in [5, 5.41) is 0. The summed E-state index contributed by atoms with van der Waals surface area (Å²) in [5.41, 5.74) is 0.619. The van der Waals surface area contributed by atoms with E-state index in [-0.39, 0.29) is 12.1 Å². The third-order valence-electron chi connectivity index (χ3n) is 2.47. The summed E-state index contributed by atoms with van der Waals surface area (Å²) in [7, 11) is 1.58. The van der Waals surface area contributed by atoms with E-state index < -0.39 is 0 Å². The van der Waals surface area contributed by atoms with Gasteiger partial charge in [-0.2, -0.15) is 0 Å². The zero-order valence-electron chi connectivity index (χ0n) is 9.41. The van der Waals surface area contributed by atoms with Gasteiger partial charge in [0, 0.05) is 6.42 Å². The molecular formula is C12H18O3. The Kier molecular flexibility index (Phi) is 4.40. The minimum absolute atomic E-state index is 0.183. The lowest BCUT2D eigenvalue weighted by molar-refractivity contribution is -0.140. The molecule has 1 atom stereocenters. The van der Waals surface area contributed by atoms with Crippen molar-refractivity contribution in [2.75, 3.05) is 7.11 Å². The van der Waals surface area contributed by atoms with Crippen LogP contribution in [0.15, 0.2) is 24.0 Å². The smallest absolute Gasteiger partial charge is 0.338 e. The molecule has 0 fully saturated rings. The quantitative estimate of drug-likeness (QED) is 0.499. The zero-order chi connectivity index (χ0) is 11.3. The number of cyclic esters (lactones) is 1. The van der Waals surface area contributed by atoms with Gasteiger partial charge >= 0.3 is 5.97 Å². The van der Waals surface area contributed by atoms with E-state index in [4.69, 9.17) is 9.47 Å². The second-order valence-corrected chi connectivity index (χ2v) is 3.58. The molecule has 1 unspecified atom stereocenters. The van der Waals surface area contributed by atoms with Gasteiger partial charge in [-0.3, -0.25) is 0 Å². The van der Waals surface area contributed by atoms with E-state index in [1.807, 2.05) is 0 Å². The fourth-order valence-corrected chi connectivity index (χ4v) is 1.71. The Morgan fingerprint density at radius 1 is 1.60 bits per heavy atom. The summed E-state index contributed by atoms with van der Waals surface area (Å²) in [4.78, 5) is 11.5. The summed E-state index contributed by atoms with van der Waals surface area (Å²) in [6.07, 6.45) is 4.99. The molecule has 3 heteroatoms. The largest absolute Gasteiger partial charge is 0.497 e. The molecule has 1 aliphatic rings. The fourth-order valence-electron chi connectivity index (χ4n) is 1.71. The van der Waals surface area contributed by atoms with Gasteiger partial charge in [-0.05, 0) is 12.8 Å². The molecule has 3 nitrogen and oxygen atoms in total. The summed E-state index contributed by atoms with van der Waals surface area (Å²) in [6, 6.07) is 0. The third kappa shape index (κ3) is 2.61. The van der Waals surface area contributed by atoms with Crippen molar-refractivity contribution in [1.29, 1.82) is 0 Å². The van der Waals surface area contributed by atoms with Crippen molar-refractivity contribution in [2.45, 2.75) is 38.7 Å². The summed E-state index contributed by atoms with van der Waals surface area (Å²) >= 11 is 0. The summed E-state index contributed by atoms with van der Waals surface area (Å²) < 4.78 is 10.5. The third-order valence-corrected chi connectivity index (χ3v) is 2.47. The predicted octanol–water partition coefficient (Wildman–Crippen LogP) is 2.58. The highest BCUT2D eigenvalue weighted by Gasteiger charge is 2.33. The van der Waals surface area contributed by atoms with Crippen LogP contribution in [-0.4, -0.2) is 19.2 Å². The van der Waals surface area contributed by atoms with Gasteiger partial charge in [-0.1, -0.05) is 19.4 Å². The number of rotatable bonds is 6. The Morgan fingerprint density at radius 2 is 2.33 bits per heavy atom. The lowest BCUT2D eigenvalue weighted by Gasteiger charge is -2.12. The van der Waals surface area contributed by atoms with Crippen LogP contribution in [0, 0.1) is 0 Å². The van der Waals surface area contributed by atoms with Crippen LogP contribution < -0.4 is 0 Å².